The fourth-order valence-electron chi connectivity index (χ4n) is 3.81. The van der Waals surface area contributed by atoms with Gasteiger partial charge in [-0.15, -0.1) is 0 Å². The van der Waals surface area contributed by atoms with Gasteiger partial charge >= 0.3 is 5.97 Å². The van der Waals surface area contributed by atoms with Crippen LogP contribution < -0.4 is 5.32 Å². The number of aryl methyl sites for hydroxylation is 2. The Hall–Kier alpha value is -1.58. The number of carboxylic acids is 1. The van der Waals surface area contributed by atoms with Crippen molar-refractivity contribution < 1.29 is 9.90 Å². The normalized spacial score (nSPS) is 24.6. The molecule has 0 spiro atoms. The van der Waals surface area contributed by atoms with Gasteiger partial charge in [0.05, 0.1) is 0 Å². The number of hydrogen-bond acceptors (Lipinski definition) is 3. The summed E-state index contributed by atoms with van der Waals surface area (Å²) in [5.41, 5.74) is 2.55. The fourth-order valence-corrected chi connectivity index (χ4v) is 3.81. The number of pyridine rings is 1. The maximum absolute atomic E-state index is 11.5. The number of nitrogens with one attached hydrogen (secondary N) is 1. The van der Waals surface area contributed by atoms with Crippen molar-refractivity contribution in [3.8, 4) is 0 Å². The molecule has 0 saturated heterocycles. The van der Waals surface area contributed by atoms with Crippen molar-refractivity contribution in [1.29, 1.82) is 0 Å². The minimum atomic E-state index is -0.872. The molecule has 114 valence electrons. The fraction of sp³-hybridized carbons (Fsp3) is 0.647. The molecule has 2 aliphatic rings. The number of anilines is 1. The van der Waals surface area contributed by atoms with Gasteiger partial charge in [-0.3, -0.25) is 0 Å². The van der Waals surface area contributed by atoms with Crippen molar-refractivity contribution >= 4 is 11.8 Å². The van der Waals surface area contributed by atoms with Crippen LogP contribution in [0.2, 0.25) is 0 Å². The summed E-state index contributed by atoms with van der Waals surface area (Å²) in [6.07, 6.45) is 9.05. The maximum atomic E-state index is 11.5. The molecular formula is C17H24N2O2. The maximum Gasteiger partial charge on any atom is 0.339 e. The zero-order valence-corrected chi connectivity index (χ0v) is 12.7. The van der Waals surface area contributed by atoms with Crippen molar-refractivity contribution in [1.82, 2.24) is 4.98 Å². The number of aromatic nitrogens is 1. The van der Waals surface area contributed by atoms with Gasteiger partial charge in [0.25, 0.3) is 0 Å². The topological polar surface area (TPSA) is 62.2 Å². The summed E-state index contributed by atoms with van der Waals surface area (Å²) in [6.45, 7) is 2.22. The molecular weight excluding hydrogens is 264 g/mol. The smallest absolute Gasteiger partial charge is 0.339 e. The molecule has 1 fully saturated rings. The summed E-state index contributed by atoms with van der Waals surface area (Å²) in [4.78, 5) is 16.2. The van der Waals surface area contributed by atoms with Crippen molar-refractivity contribution in [2.24, 2.45) is 5.92 Å². The number of carbonyl (C=O) groups is 1. The minimum Gasteiger partial charge on any atom is -0.478 e. The van der Waals surface area contributed by atoms with E-state index in [2.05, 4.69) is 17.2 Å². The van der Waals surface area contributed by atoms with E-state index in [1.165, 1.54) is 19.3 Å². The average molecular weight is 288 g/mol. The van der Waals surface area contributed by atoms with Gasteiger partial charge in [-0.1, -0.05) is 26.2 Å². The van der Waals surface area contributed by atoms with Crippen LogP contribution in [0.1, 0.15) is 67.1 Å². The Labute approximate surface area is 126 Å². The van der Waals surface area contributed by atoms with Gasteiger partial charge in [0.1, 0.15) is 11.4 Å². The lowest BCUT2D eigenvalue weighted by atomic mass is 9.83. The Morgan fingerprint density at radius 1 is 1.33 bits per heavy atom. The number of nitrogens with zero attached hydrogens (tertiary/aromatic N) is 1. The largest absolute Gasteiger partial charge is 0.478 e. The first kappa shape index (κ1) is 14.4. The highest BCUT2D eigenvalue weighted by molar-refractivity contribution is 5.93. The Bertz CT molecular complexity index is 542. The predicted molar refractivity (Wildman–Crippen MR) is 82.9 cm³/mol. The molecule has 0 bridgehead atoms. The van der Waals surface area contributed by atoms with E-state index in [0.29, 0.717) is 23.3 Å². The lowest BCUT2D eigenvalue weighted by Gasteiger charge is -2.32. The Kier molecular flexibility index (Phi) is 4.13. The molecule has 2 N–H and O–H groups in total. The van der Waals surface area contributed by atoms with Gasteiger partial charge in [0.2, 0.25) is 0 Å². The molecule has 1 saturated carbocycles. The molecule has 2 aliphatic carbocycles. The number of carboxylic acid groups (broad SMARTS) is 1. The molecule has 4 heteroatoms. The number of fused-ring (bicyclic) bond motifs is 1. The van der Waals surface area contributed by atoms with Crippen molar-refractivity contribution in [2.75, 3.05) is 5.32 Å². The van der Waals surface area contributed by atoms with Crippen molar-refractivity contribution in [3.63, 3.8) is 0 Å². The summed E-state index contributed by atoms with van der Waals surface area (Å²) in [5, 5.41) is 12.9. The molecule has 1 heterocycles. The summed E-state index contributed by atoms with van der Waals surface area (Å²) in [5.74, 6) is 0.354. The predicted octanol–water partition coefficient (Wildman–Crippen LogP) is 3.65. The Morgan fingerprint density at radius 2 is 2.14 bits per heavy atom. The molecule has 1 aromatic heterocycles. The quantitative estimate of drug-likeness (QED) is 0.887. The third-order valence-electron chi connectivity index (χ3n) is 5.04. The number of rotatable bonds is 4. The zero-order valence-electron chi connectivity index (χ0n) is 12.7. The molecule has 0 aromatic carbocycles. The second-order valence-electron chi connectivity index (χ2n) is 6.35. The third kappa shape index (κ3) is 2.89. The first-order valence-electron chi connectivity index (χ1n) is 8.21. The van der Waals surface area contributed by atoms with Gasteiger partial charge in [-0.2, -0.15) is 0 Å². The van der Waals surface area contributed by atoms with Crippen LogP contribution in [-0.2, 0) is 12.8 Å². The SMILES string of the molecule is CCC1CCCCC1Nc1nc2c(cc1C(=O)O)CCC2. The highest BCUT2D eigenvalue weighted by Crippen LogP contribution is 2.31. The van der Waals surface area contributed by atoms with E-state index < -0.39 is 5.97 Å². The molecule has 3 rings (SSSR count). The van der Waals surface area contributed by atoms with E-state index in [-0.39, 0.29) is 0 Å². The summed E-state index contributed by atoms with van der Waals surface area (Å²) in [6, 6.07) is 2.21. The Morgan fingerprint density at radius 3 is 2.90 bits per heavy atom. The lowest BCUT2D eigenvalue weighted by molar-refractivity contribution is 0.0697. The lowest BCUT2D eigenvalue weighted by Crippen LogP contribution is -2.33. The molecule has 4 nitrogen and oxygen atoms in total. The molecule has 21 heavy (non-hydrogen) atoms. The van der Waals surface area contributed by atoms with Crippen LogP contribution >= 0.6 is 0 Å². The second-order valence-corrected chi connectivity index (χ2v) is 6.35. The first-order chi connectivity index (χ1) is 10.2. The third-order valence-corrected chi connectivity index (χ3v) is 5.04. The monoisotopic (exact) mass is 288 g/mol. The molecule has 2 unspecified atom stereocenters. The summed E-state index contributed by atoms with van der Waals surface area (Å²) in [7, 11) is 0. The van der Waals surface area contributed by atoms with Crippen LogP contribution in [0.15, 0.2) is 6.07 Å². The second kappa shape index (κ2) is 6.04. The van der Waals surface area contributed by atoms with Gasteiger partial charge < -0.3 is 10.4 Å². The molecule has 0 amide bonds. The summed E-state index contributed by atoms with van der Waals surface area (Å²) < 4.78 is 0. The van der Waals surface area contributed by atoms with Gasteiger partial charge in [-0.25, -0.2) is 9.78 Å². The van der Waals surface area contributed by atoms with Crippen LogP contribution in [0.4, 0.5) is 5.82 Å². The Balaban J connectivity index is 1.88. The molecule has 2 atom stereocenters. The highest BCUT2D eigenvalue weighted by atomic mass is 16.4. The zero-order chi connectivity index (χ0) is 14.8. The number of hydrogen-bond donors (Lipinski definition) is 2. The van der Waals surface area contributed by atoms with E-state index in [0.717, 1.165) is 43.4 Å². The minimum absolute atomic E-state index is 0.344. The van der Waals surface area contributed by atoms with E-state index in [9.17, 15) is 9.90 Å². The van der Waals surface area contributed by atoms with Gasteiger partial charge in [0, 0.05) is 11.7 Å². The van der Waals surface area contributed by atoms with Crippen LogP contribution in [0.3, 0.4) is 0 Å². The van der Waals surface area contributed by atoms with E-state index >= 15 is 0 Å². The average Bonchev–Trinajstić information content (AvgIpc) is 2.94. The summed E-state index contributed by atoms with van der Waals surface area (Å²) >= 11 is 0. The molecule has 0 radical (unpaired) electrons. The number of aromatic carboxylic acids is 1. The highest BCUT2D eigenvalue weighted by Gasteiger charge is 2.27. The van der Waals surface area contributed by atoms with Crippen LogP contribution in [0.5, 0.6) is 0 Å². The standard InChI is InChI=1S/C17H24N2O2/c1-2-11-6-3-4-8-14(11)18-16-13(17(20)21)10-12-7-5-9-15(12)19-16/h10-11,14H,2-9H2,1H3,(H,18,19)(H,20,21). The van der Waals surface area contributed by atoms with Crippen molar-refractivity contribution in [2.45, 2.75) is 64.3 Å². The van der Waals surface area contributed by atoms with Crippen LogP contribution in [0.25, 0.3) is 0 Å². The van der Waals surface area contributed by atoms with Gasteiger partial charge in [0.15, 0.2) is 0 Å². The first-order valence-corrected chi connectivity index (χ1v) is 8.21. The van der Waals surface area contributed by atoms with E-state index in [1.54, 1.807) is 0 Å². The van der Waals surface area contributed by atoms with E-state index in [4.69, 9.17) is 0 Å². The van der Waals surface area contributed by atoms with E-state index in [1.807, 2.05) is 6.07 Å². The van der Waals surface area contributed by atoms with Crippen LogP contribution in [-0.4, -0.2) is 22.1 Å². The molecule has 1 aromatic rings. The van der Waals surface area contributed by atoms with Crippen LogP contribution in [0, 0.1) is 5.92 Å². The van der Waals surface area contributed by atoms with Crippen molar-refractivity contribution in [3.05, 3.63) is 22.9 Å². The molecule has 0 aliphatic heterocycles. The van der Waals surface area contributed by atoms with Gasteiger partial charge in [-0.05, 0) is 49.7 Å².